The van der Waals surface area contributed by atoms with E-state index in [9.17, 15) is 16.3 Å². The van der Waals surface area contributed by atoms with E-state index >= 15 is 0 Å². The van der Waals surface area contributed by atoms with Crippen LogP contribution in [0.4, 0.5) is 15.8 Å². The van der Waals surface area contributed by atoms with Crippen LogP contribution in [0.5, 0.6) is 0 Å². The standard InChI is InChI=1S/C29H24FN9/c1-3-24(18-7-5-4-6-8-18)36-28-21(14-32)16-34-27-20(13-31)11-22(12-23(27)28)35-29(25-17-39(2)38-37-25)19-9-10-26(30)33-15-19/h4-12,15-17,24,29,35H,3H2,1-2H3,(H,34,36)/t24-,29-/m1/s1/i29D. The van der Waals surface area contributed by atoms with Crippen LogP contribution >= 0.6 is 0 Å². The van der Waals surface area contributed by atoms with E-state index in [2.05, 4.69) is 43.1 Å². The highest BCUT2D eigenvalue weighted by Crippen LogP contribution is 2.35. The van der Waals surface area contributed by atoms with Crippen LogP contribution in [0.25, 0.3) is 10.9 Å². The molecule has 192 valence electrons. The van der Waals surface area contributed by atoms with Crippen molar-refractivity contribution in [1.82, 2.24) is 25.0 Å². The number of anilines is 2. The van der Waals surface area contributed by atoms with Crippen LogP contribution in [0.1, 0.15) is 54.7 Å². The maximum atomic E-state index is 13.7. The molecule has 3 heterocycles. The quantitative estimate of drug-likeness (QED) is 0.261. The van der Waals surface area contributed by atoms with Crippen LogP contribution in [-0.2, 0) is 7.05 Å². The first-order valence-electron chi connectivity index (χ1n) is 12.7. The maximum Gasteiger partial charge on any atom is 0.212 e. The van der Waals surface area contributed by atoms with E-state index in [1.807, 2.05) is 37.3 Å². The molecule has 9 nitrogen and oxygen atoms in total. The third-order valence-electron chi connectivity index (χ3n) is 6.29. The van der Waals surface area contributed by atoms with Crippen molar-refractivity contribution in [1.29, 1.82) is 10.5 Å². The molecule has 0 saturated carbocycles. The lowest BCUT2D eigenvalue weighted by molar-refractivity contribution is 0.581. The highest BCUT2D eigenvalue weighted by Gasteiger charge is 2.21. The molecular formula is C29H24FN9. The fourth-order valence-electron chi connectivity index (χ4n) is 4.40. The van der Waals surface area contributed by atoms with Gasteiger partial charge in [0.15, 0.2) is 0 Å². The smallest absolute Gasteiger partial charge is 0.212 e. The molecule has 0 radical (unpaired) electrons. The van der Waals surface area contributed by atoms with E-state index in [1.54, 1.807) is 25.4 Å². The van der Waals surface area contributed by atoms with Gasteiger partial charge in [0, 0.05) is 30.5 Å². The second-order valence-electron chi connectivity index (χ2n) is 8.85. The maximum absolute atomic E-state index is 13.7. The average molecular weight is 519 g/mol. The van der Waals surface area contributed by atoms with Crippen LogP contribution in [0, 0.1) is 28.6 Å². The minimum atomic E-state index is -1.74. The van der Waals surface area contributed by atoms with Gasteiger partial charge in [-0.2, -0.15) is 14.9 Å². The molecular weight excluding hydrogens is 493 g/mol. The van der Waals surface area contributed by atoms with Crippen molar-refractivity contribution < 1.29 is 5.76 Å². The molecule has 3 aromatic heterocycles. The van der Waals surface area contributed by atoms with Crippen LogP contribution in [-0.4, -0.2) is 25.0 Å². The molecule has 2 N–H and O–H groups in total. The van der Waals surface area contributed by atoms with Gasteiger partial charge in [-0.15, -0.1) is 5.10 Å². The number of hydrogen-bond donors (Lipinski definition) is 2. The summed E-state index contributed by atoms with van der Waals surface area (Å²) in [5.41, 5.74) is 3.49. The highest BCUT2D eigenvalue weighted by molar-refractivity contribution is 5.99. The monoisotopic (exact) mass is 518 g/mol. The van der Waals surface area contributed by atoms with E-state index in [-0.39, 0.29) is 17.3 Å². The van der Waals surface area contributed by atoms with Crippen molar-refractivity contribution in [2.45, 2.75) is 25.4 Å². The summed E-state index contributed by atoms with van der Waals surface area (Å²) in [7, 11) is 1.67. The zero-order valence-electron chi connectivity index (χ0n) is 22.2. The summed E-state index contributed by atoms with van der Waals surface area (Å²) in [6.45, 7) is 2.04. The van der Waals surface area contributed by atoms with Crippen molar-refractivity contribution in [2.24, 2.45) is 7.05 Å². The molecule has 0 aliphatic carbocycles. The van der Waals surface area contributed by atoms with Gasteiger partial charge in [-0.25, -0.2) is 4.98 Å². The summed E-state index contributed by atoms with van der Waals surface area (Å²) in [6.07, 6.45) is 5.02. The number of pyridine rings is 2. The van der Waals surface area contributed by atoms with E-state index < -0.39 is 12.0 Å². The number of benzene rings is 2. The molecule has 5 rings (SSSR count). The minimum Gasteiger partial charge on any atom is -0.377 e. The largest absolute Gasteiger partial charge is 0.377 e. The number of halogens is 1. The Morgan fingerprint density at radius 1 is 1.00 bits per heavy atom. The van der Waals surface area contributed by atoms with Gasteiger partial charge >= 0.3 is 0 Å². The van der Waals surface area contributed by atoms with Crippen molar-refractivity contribution in [3.63, 3.8) is 0 Å². The van der Waals surface area contributed by atoms with Crippen LogP contribution < -0.4 is 10.6 Å². The summed E-state index contributed by atoms with van der Waals surface area (Å²) < 4.78 is 24.5. The molecule has 0 spiro atoms. The van der Waals surface area contributed by atoms with Gasteiger partial charge in [0.1, 0.15) is 17.8 Å². The molecule has 39 heavy (non-hydrogen) atoms. The third-order valence-corrected chi connectivity index (χ3v) is 6.29. The number of aromatic nitrogens is 5. The Balaban J connectivity index is 1.67. The van der Waals surface area contributed by atoms with Gasteiger partial charge in [0.2, 0.25) is 5.95 Å². The second kappa shape index (κ2) is 11.0. The molecule has 0 bridgehead atoms. The zero-order valence-corrected chi connectivity index (χ0v) is 21.2. The molecule has 2 atom stereocenters. The molecule has 2 aromatic carbocycles. The molecule has 5 aromatic rings. The second-order valence-corrected chi connectivity index (χ2v) is 8.85. The average Bonchev–Trinajstić information content (AvgIpc) is 3.43. The first-order chi connectivity index (χ1) is 19.4. The summed E-state index contributed by atoms with van der Waals surface area (Å²) in [6, 6.07) is 18.3. The Morgan fingerprint density at radius 2 is 1.79 bits per heavy atom. The number of aryl methyl sites for hydroxylation is 1. The number of nitriles is 2. The van der Waals surface area contributed by atoms with Gasteiger partial charge in [-0.05, 0) is 35.7 Å². The third kappa shape index (κ3) is 5.22. The molecule has 0 fully saturated rings. The summed E-state index contributed by atoms with van der Waals surface area (Å²) in [5, 5.41) is 35.2. The summed E-state index contributed by atoms with van der Waals surface area (Å²) in [4.78, 5) is 8.14. The zero-order chi connectivity index (χ0) is 28.3. The topological polar surface area (TPSA) is 128 Å². The van der Waals surface area contributed by atoms with Gasteiger partial charge in [-0.1, -0.05) is 48.5 Å². The van der Waals surface area contributed by atoms with E-state index in [1.165, 1.54) is 23.1 Å². The Bertz CT molecular complexity index is 1760. The van der Waals surface area contributed by atoms with Crippen LogP contribution in [0.15, 0.2) is 73.2 Å². The molecule has 0 unspecified atom stereocenters. The lowest BCUT2D eigenvalue weighted by Crippen LogP contribution is -2.14. The minimum absolute atomic E-state index is 0.110. The Kier molecular flexibility index (Phi) is 6.74. The number of fused-ring (bicyclic) bond motifs is 1. The molecule has 0 aliphatic rings. The van der Waals surface area contributed by atoms with Gasteiger partial charge in [0.25, 0.3) is 0 Å². The van der Waals surface area contributed by atoms with Gasteiger partial charge < -0.3 is 10.6 Å². The predicted octanol–water partition coefficient (Wildman–Crippen LogP) is 5.41. The number of nitrogens with zero attached hydrogens (tertiary/aromatic N) is 7. The first kappa shape index (κ1) is 24.0. The molecule has 0 saturated heterocycles. The SMILES string of the molecule is [2H][C@@](Nc1cc(C#N)c2ncc(C#N)c(N[C@H](CC)c3ccccc3)c2c1)(c1ccc(F)nc1)c1cn(C)nn1. The van der Waals surface area contributed by atoms with Crippen LogP contribution in [0.2, 0.25) is 0 Å². The number of rotatable bonds is 8. The van der Waals surface area contributed by atoms with E-state index in [4.69, 9.17) is 0 Å². The predicted molar refractivity (Wildman–Crippen MR) is 145 cm³/mol. The van der Waals surface area contributed by atoms with Crippen molar-refractivity contribution >= 4 is 22.3 Å². The fourth-order valence-corrected chi connectivity index (χ4v) is 4.40. The number of hydrogen-bond acceptors (Lipinski definition) is 8. The van der Waals surface area contributed by atoms with Crippen molar-refractivity contribution in [3.05, 3.63) is 107 Å². The van der Waals surface area contributed by atoms with Crippen molar-refractivity contribution in [2.75, 3.05) is 10.6 Å². The Hall–Kier alpha value is -5.35. The van der Waals surface area contributed by atoms with E-state index in [0.29, 0.717) is 33.4 Å². The normalized spacial score (nSPS) is 13.5. The van der Waals surface area contributed by atoms with E-state index in [0.717, 1.165) is 18.1 Å². The molecule has 0 aliphatic heterocycles. The van der Waals surface area contributed by atoms with Crippen molar-refractivity contribution in [3.8, 4) is 12.1 Å². The highest BCUT2D eigenvalue weighted by atomic mass is 19.1. The lowest BCUT2D eigenvalue weighted by Gasteiger charge is -2.22. The first-order valence-corrected chi connectivity index (χ1v) is 12.2. The molecule has 0 amide bonds. The Labute approximate surface area is 226 Å². The fraction of sp³-hybridized carbons (Fsp3) is 0.172. The summed E-state index contributed by atoms with van der Waals surface area (Å²) >= 11 is 0. The van der Waals surface area contributed by atoms with Crippen LogP contribution in [0.3, 0.4) is 0 Å². The lowest BCUT2D eigenvalue weighted by atomic mass is 10.0. The Morgan fingerprint density at radius 3 is 2.44 bits per heavy atom. The number of nitrogens with one attached hydrogen (secondary N) is 2. The molecule has 10 heteroatoms. The van der Waals surface area contributed by atoms with Gasteiger partial charge in [-0.3, -0.25) is 9.67 Å². The van der Waals surface area contributed by atoms with Gasteiger partial charge in [0.05, 0.1) is 42.0 Å². The summed E-state index contributed by atoms with van der Waals surface area (Å²) in [5.74, 6) is -0.683.